The Labute approximate surface area is 182 Å². The van der Waals surface area contributed by atoms with E-state index in [0.717, 1.165) is 10.4 Å². The van der Waals surface area contributed by atoms with E-state index in [1.165, 1.54) is 11.3 Å². The van der Waals surface area contributed by atoms with E-state index < -0.39 is 0 Å². The number of nitrogens with zero attached hydrogens (tertiary/aromatic N) is 2. The van der Waals surface area contributed by atoms with Gasteiger partial charge < -0.3 is 10.6 Å². The van der Waals surface area contributed by atoms with Gasteiger partial charge in [0.05, 0.1) is 30.7 Å². The van der Waals surface area contributed by atoms with E-state index in [1.54, 1.807) is 29.1 Å². The van der Waals surface area contributed by atoms with E-state index >= 15 is 0 Å². The number of hydrogen-bond acceptors (Lipinski definition) is 8. The normalized spacial score (nSPS) is 20.8. The fourth-order valence-corrected chi connectivity index (χ4v) is 4.76. The van der Waals surface area contributed by atoms with E-state index in [4.69, 9.17) is 0 Å². The van der Waals surface area contributed by atoms with E-state index in [0.29, 0.717) is 17.2 Å². The molecular weight excluding hydrogens is 420 g/mol. The minimum atomic E-state index is -0.195. The largest absolute Gasteiger partial charge is 0.339 e. The molecule has 4 rings (SSSR count). The van der Waals surface area contributed by atoms with Gasteiger partial charge >= 0.3 is 0 Å². The van der Waals surface area contributed by atoms with Gasteiger partial charge in [-0.25, -0.2) is 15.8 Å². The van der Waals surface area contributed by atoms with Crippen LogP contribution in [0.2, 0.25) is 0 Å². The van der Waals surface area contributed by atoms with Gasteiger partial charge in [-0.1, -0.05) is 13.0 Å². The highest BCUT2D eigenvalue weighted by molar-refractivity contribution is 7.14. The quantitative estimate of drug-likeness (QED) is 0.447. The topological polar surface area (TPSA) is 108 Å². The first kappa shape index (κ1) is 20.6. The average Bonchev–Trinajstić information content (AvgIpc) is 3.46. The number of pyridine rings is 1. The SMILES string of the molecule is CC1C(NC(=O)Cc2csc(NC(=O)Cc3cccs3)n2)NNC1c1ccncc1. The summed E-state index contributed by atoms with van der Waals surface area (Å²) in [5.74, 6) is -0.0859. The molecule has 156 valence electrons. The maximum atomic E-state index is 12.5. The van der Waals surface area contributed by atoms with Crippen LogP contribution in [0.4, 0.5) is 5.13 Å². The van der Waals surface area contributed by atoms with Crippen molar-refractivity contribution >= 4 is 39.6 Å². The van der Waals surface area contributed by atoms with Crippen LogP contribution < -0.4 is 21.5 Å². The van der Waals surface area contributed by atoms with Gasteiger partial charge in [-0.15, -0.1) is 22.7 Å². The summed E-state index contributed by atoms with van der Waals surface area (Å²) in [4.78, 5) is 34.0. The molecule has 0 saturated carbocycles. The molecule has 8 nitrogen and oxygen atoms in total. The summed E-state index contributed by atoms with van der Waals surface area (Å²) in [5.41, 5.74) is 8.13. The monoisotopic (exact) mass is 442 g/mol. The maximum absolute atomic E-state index is 12.5. The fourth-order valence-electron chi connectivity index (χ4n) is 3.33. The zero-order chi connectivity index (χ0) is 20.9. The summed E-state index contributed by atoms with van der Waals surface area (Å²) in [5, 5.41) is 10.0. The van der Waals surface area contributed by atoms with Crippen molar-refractivity contribution in [3.63, 3.8) is 0 Å². The molecule has 0 bridgehead atoms. The predicted octanol–water partition coefficient (Wildman–Crippen LogP) is 2.25. The van der Waals surface area contributed by atoms with Crippen LogP contribution in [-0.4, -0.2) is 27.9 Å². The zero-order valence-electron chi connectivity index (χ0n) is 16.3. The second kappa shape index (κ2) is 9.43. The lowest BCUT2D eigenvalue weighted by atomic mass is 9.95. The highest BCUT2D eigenvalue weighted by Gasteiger charge is 2.34. The molecule has 1 aliphatic heterocycles. The lowest BCUT2D eigenvalue weighted by molar-refractivity contribution is -0.121. The summed E-state index contributed by atoms with van der Waals surface area (Å²) in [6.45, 7) is 2.08. The van der Waals surface area contributed by atoms with Crippen LogP contribution in [0.15, 0.2) is 47.4 Å². The molecular formula is C20H22N6O2S2. The van der Waals surface area contributed by atoms with Crippen LogP contribution in [0.3, 0.4) is 0 Å². The number of thiophene rings is 1. The van der Waals surface area contributed by atoms with Gasteiger partial charge in [-0.3, -0.25) is 14.6 Å². The van der Waals surface area contributed by atoms with Crippen molar-refractivity contribution in [1.29, 1.82) is 0 Å². The van der Waals surface area contributed by atoms with Crippen molar-refractivity contribution in [1.82, 2.24) is 26.1 Å². The Morgan fingerprint density at radius 1 is 1.10 bits per heavy atom. The van der Waals surface area contributed by atoms with Crippen molar-refractivity contribution in [3.05, 3.63) is 63.6 Å². The number of hydrogen-bond donors (Lipinski definition) is 4. The molecule has 3 unspecified atom stereocenters. The molecule has 4 N–H and O–H groups in total. The minimum Gasteiger partial charge on any atom is -0.339 e. The first-order valence-corrected chi connectivity index (χ1v) is 11.3. The zero-order valence-corrected chi connectivity index (χ0v) is 17.9. The second-order valence-corrected chi connectivity index (χ2v) is 8.97. The maximum Gasteiger partial charge on any atom is 0.231 e. The molecule has 1 fully saturated rings. The molecule has 0 spiro atoms. The number of anilines is 1. The molecule has 10 heteroatoms. The Balaban J connectivity index is 1.27. The minimum absolute atomic E-state index is 0.0859. The molecule has 2 amide bonds. The number of amides is 2. The Bertz CT molecular complexity index is 992. The number of carbonyl (C=O) groups excluding carboxylic acids is 2. The van der Waals surface area contributed by atoms with Crippen molar-refractivity contribution in [2.75, 3.05) is 5.32 Å². The second-order valence-electron chi connectivity index (χ2n) is 7.08. The number of rotatable bonds is 7. The van der Waals surface area contributed by atoms with Crippen LogP contribution in [-0.2, 0) is 22.4 Å². The lowest BCUT2D eigenvalue weighted by Gasteiger charge is -2.19. The molecule has 30 heavy (non-hydrogen) atoms. The first-order valence-electron chi connectivity index (χ1n) is 9.55. The molecule has 0 aromatic carbocycles. The molecule has 3 aromatic heterocycles. The third-order valence-electron chi connectivity index (χ3n) is 4.88. The Morgan fingerprint density at radius 2 is 1.93 bits per heavy atom. The van der Waals surface area contributed by atoms with Crippen LogP contribution in [0, 0.1) is 5.92 Å². The molecule has 4 heterocycles. The number of aromatic nitrogens is 2. The van der Waals surface area contributed by atoms with E-state index in [2.05, 4.69) is 38.4 Å². The van der Waals surface area contributed by atoms with Crippen LogP contribution >= 0.6 is 22.7 Å². The summed E-state index contributed by atoms with van der Waals surface area (Å²) >= 11 is 2.86. The Morgan fingerprint density at radius 3 is 2.70 bits per heavy atom. The van der Waals surface area contributed by atoms with Crippen molar-refractivity contribution in [2.45, 2.75) is 32.0 Å². The first-order chi connectivity index (χ1) is 14.6. The summed E-state index contributed by atoms with van der Waals surface area (Å²) in [7, 11) is 0. The predicted molar refractivity (Wildman–Crippen MR) is 117 cm³/mol. The summed E-state index contributed by atoms with van der Waals surface area (Å²) < 4.78 is 0. The van der Waals surface area contributed by atoms with E-state index in [9.17, 15) is 9.59 Å². The molecule has 3 atom stereocenters. The van der Waals surface area contributed by atoms with Crippen LogP contribution in [0.25, 0.3) is 0 Å². The van der Waals surface area contributed by atoms with Gasteiger partial charge in [-0.2, -0.15) is 0 Å². The van der Waals surface area contributed by atoms with Crippen molar-refractivity contribution in [3.8, 4) is 0 Å². The smallest absolute Gasteiger partial charge is 0.231 e. The molecule has 0 aliphatic carbocycles. The molecule has 0 radical (unpaired) electrons. The van der Waals surface area contributed by atoms with Gasteiger partial charge in [0.25, 0.3) is 0 Å². The van der Waals surface area contributed by atoms with Crippen molar-refractivity contribution < 1.29 is 9.59 Å². The standard InChI is InChI=1S/C20H22N6O2S2/c1-12-18(13-4-6-21-7-5-13)25-26-19(12)23-16(27)9-14-11-30-20(22-14)24-17(28)10-15-3-2-8-29-15/h2-8,11-12,18-19,25-26H,9-10H2,1H3,(H,23,27)(H,22,24,28). The summed E-state index contributed by atoms with van der Waals surface area (Å²) in [6, 6.07) is 7.85. The molecule has 1 saturated heterocycles. The van der Waals surface area contributed by atoms with E-state index in [-0.39, 0.29) is 36.4 Å². The number of hydrazine groups is 1. The third-order valence-corrected chi connectivity index (χ3v) is 6.57. The molecule has 1 aliphatic rings. The van der Waals surface area contributed by atoms with Crippen LogP contribution in [0.1, 0.15) is 29.1 Å². The third kappa shape index (κ3) is 5.08. The number of nitrogens with one attached hydrogen (secondary N) is 4. The van der Waals surface area contributed by atoms with Gasteiger partial charge in [-0.05, 0) is 29.1 Å². The number of carbonyl (C=O) groups is 2. The fraction of sp³-hybridized carbons (Fsp3) is 0.300. The van der Waals surface area contributed by atoms with Gasteiger partial charge in [0.1, 0.15) is 0 Å². The lowest BCUT2D eigenvalue weighted by Crippen LogP contribution is -2.46. The molecule has 3 aromatic rings. The number of thiazole rings is 1. The van der Waals surface area contributed by atoms with Gasteiger partial charge in [0, 0.05) is 28.6 Å². The van der Waals surface area contributed by atoms with Crippen LogP contribution in [0.5, 0.6) is 0 Å². The average molecular weight is 443 g/mol. The Kier molecular flexibility index (Phi) is 6.48. The summed E-state index contributed by atoms with van der Waals surface area (Å²) in [6.07, 6.45) is 3.80. The van der Waals surface area contributed by atoms with E-state index in [1.807, 2.05) is 29.6 Å². The highest BCUT2D eigenvalue weighted by atomic mass is 32.1. The van der Waals surface area contributed by atoms with Gasteiger partial charge in [0.2, 0.25) is 11.8 Å². The van der Waals surface area contributed by atoms with Crippen molar-refractivity contribution in [2.24, 2.45) is 5.92 Å². The van der Waals surface area contributed by atoms with Gasteiger partial charge in [0.15, 0.2) is 5.13 Å². The Hall–Kier alpha value is -2.66. The highest BCUT2D eigenvalue weighted by Crippen LogP contribution is 2.27.